The molecule has 0 radical (unpaired) electrons. The van der Waals surface area contributed by atoms with Crippen LogP contribution in [0.3, 0.4) is 0 Å². The molecule has 0 saturated carbocycles. The van der Waals surface area contributed by atoms with E-state index < -0.39 is 0 Å². The molecule has 1 aromatic rings. The Balaban J connectivity index is 0.00000208. The van der Waals surface area contributed by atoms with Crippen LogP contribution >= 0.6 is 12.4 Å². The number of carbonyl (C=O) groups is 1. The molecule has 2 aliphatic rings. The zero-order chi connectivity index (χ0) is 16.1. The van der Waals surface area contributed by atoms with Crippen LogP contribution in [0.15, 0.2) is 24.3 Å². The van der Waals surface area contributed by atoms with Crippen LogP contribution in [0.4, 0.5) is 10.1 Å². The van der Waals surface area contributed by atoms with Gasteiger partial charge in [-0.2, -0.15) is 0 Å². The zero-order valence-electron chi connectivity index (χ0n) is 14.0. The molecule has 134 valence electrons. The van der Waals surface area contributed by atoms with Crippen molar-refractivity contribution in [1.29, 1.82) is 0 Å². The number of likely N-dealkylation sites (tertiary alicyclic amines) is 1. The number of hydrogen-bond donors (Lipinski definition) is 2. The number of hydrogen-bond acceptors (Lipinski definition) is 3. The number of benzene rings is 1. The lowest BCUT2D eigenvalue weighted by Crippen LogP contribution is -2.43. The summed E-state index contributed by atoms with van der Waals surface area (Å²) in [6, 6.07) is 6.09. The largest absolute Gasteiger partial charge is 0.326 e. The minimum Gasteiger partial charge on any atom is -0.326 e. The van der Waals surface area contributed by atoms with E-state index in [1.54, 1.807) is 12.1 Å². The first-order chi connectivity index (χ1) is 11.2. The second-order valence-electron chi connectivity index (χ2n) is 6.79. The molecule has 2 saturated heterocycles. The second kappa shape index (κ2) is 9.35. The summed E-state index contributed by atoms with van der Waals surface area (Å²) in [7, 11) is 0. The fourth-order valence-electron chi connectivity index (χ4n) is 3.63. The zero-order valence-corrected chi connectivity index (χ0v) is 14.8. The van der Waals surface area contributed by atoms with E-state index in [2.05, 4.69) is 15.5 Å². The molecular formula is C18H27ClFN3O. The number of nitrogens with zero attached hydrogens (tertiary/aromatic N) is 1. The fraction of sp³-hybridized carbons (Fsp3) is 0.611. The summed E-state index contributed by atoms with van der Waals surface area (Å²) >= 11 is 0. The fourth-order valence-corrected chi connectivity index (χ4v) is 3.63. The van der Waals surface area contributed by atoms with Crippen LogP contribution in [0.25, 0.3) is 0 Å². The van der Waals surface area contributed by atoms with Gasteiger partial charge in [0.2, 0.25) is 5.91 Å². The maximum Gasteiger partial charge on any atom is 0.227 e. The maximum absolute atomic E-state index is 13.2. The van der Waals surface area contributed by atoms with Gasteiger partial charge in [0.05, 0.1) is 0 Å². The molecule has 1 atom stereocenters. The van der Waals surface area contributed by atoms with E-state index in [1.165, 1.54) is 25.0 Å². The summed E-state index contributed by atoms with van der Waals surface area (Å²) in [5, 5.41) is 6.30. The van der Waals surface area contributed by atoms with Crippen molar-refractivity contribution in [3.8, 4) is 0 Å². The van der Waals surface area contributed by atoms with Gasteiger partial charge in [-0.3, -0.25) is 4.79 Å². The smallest absolute Gasteiger partial charge is 0.227 e. The molecule has 2 N–H and O–H groups in total. The normalized spacial score (nSPS) is 22.6. The molecule has 0 aliphatic carbocycles. The standard InChI is InChI=1S/C18H26FN3O.ClH/c19-16-4-1-5-17(11-16)21-18(23)15-6-9-22(10-7-15)13-14-3-2-8-20-12-14;/h1,4-5,11,14-15,20H,2-3,6-10,12-13H2,(H,21,23);1H. The summed E-state index contributed by atoms with van der Waals surface area (Å²) in [5.41, 5.74) is 0.547. The minimum absolute atomic E-state index is 0. The van der Waals surface area contributed by atoms with Crippen molar-refractivity contribution in [3.05, 3.63) is 30.1 Å². The SMILES string of the molecule is Cl.O=C(Nc1cccc(F)c1)C1CCN(CC2CCCNC2)CC1. The van der Waals surface area contributed by atoms with Gasteiger partial charge in [0.1, 0.15) is 5.82 Å². The van der Waals surface area contributed by atoms with Crippen molar-refractivity contribution >= 4 is 24.0 Å². The molecule has 4 nitrogen and oxygen atoms in total. The Labute approximate surface area is 149 Å². The van der Waals surface area contributed by atoms with Gasteiger partial charge in [0, 0.05) is 18.2 Å². The molecule has 6 heteroatoms. The molecule has 1 aromatic carbocycles. The van der Waals surface area contributed by atoms with Crippen molar-refractivity contribution in [3.63, 3.8) is 0 Å². The van der Waals surface area contributed by atoms with Gasteiger partial charge in [0.15, 0.2) is 0 Å². The molecule has 2 fully saturated rings. The van der Waals surface area contributed by atoms with Crippen LogP contribution in [0.5, 0.6) is 0 Å². The van der Waals surface area contributed by atoms with Crippen LogP contribution in [-0.2, 0) is 4.79 Å². The first-order valence-electron chi connectivity index (χ1n) is 8.70. The Morgan fingerprint density at radius 2 is 2.08 bits per heavy atom. The summed E-state index contributed by atoms with van der Waals surface area (Å²) in [6.45, 7) is 5.39. The molecular weight excluding hydrogens is 329 g/mol. The highest BCUT2D eigenvalue weighted by Crippen LogP contribution is 2.22. The van der Waals surface area contributed by atoms with Crippen LogP contribution in [-0.4, -0.2) is 43.5 Å². The summed E-state index contributed by atoms with van der Waals surface area (Å²) in [6.07, 6.45) is 4.37. The van der Waals surface area contributed by atoms with Crippen molar-refractivity contribution in [2.24, 2.45) is 11.8 Å². The monoisotopic (exact) mass is 355 g/mol. The minimum atomic E-state index is -0.321. The predicted octanol–water partition coefficient (Wildman–Crippen LogP) is 2.90. The molecule has 0 spiro atoms. The molecule has 0 aromatic heterocycles. The lowest BCUT2D eigenvalue weighted by molar-refractivity contribution is -0.121. The van der Waals surface area contributed by atoms with E-state index in [0.29, 0.717) is 5.69 Å². The topological polar surface area (TPSA) is 44.4 Å². The first kappa shape index (κ1) is 19.2. The highest BCUT2D eigenvalue weighted by Gasteiger charge is 2.26. The molecule has 0 bridgehead atoms. The van der Waals surface area contributed by atoms with Gasteiger partial charge in [0.25, 0.3) is 0 Å². The Bertz CT molecular complexity index is 529. The third kappa shape index (κ3) is 5.43. The first-order valence-corrected chi connectivity index (χ1v) is 8.70. The number of amides is 1. The lowest BCUT2D eigenvalue weighted by atomic mass is 9.93. The molecule has 1 unspecified atom stereocenters. The number of rotatable bonds is 4. The Kier molecular flexibility index (Phi) is 7.46. The van der Waals surface area contributed by atoms with Crippen LogP contribution in [0.2, 0.25) is 0 Å². The Morgan fingerprint density at radius 3 is 2.75 bits per heavy atom. The van der Waals surface area contributed by atoms with Crippen LogP contribution < -0.4 is 10.6 Å². The van der Waals surface area contributed by atoms with E-state index in [4.69, 9.17) is 0 Å². The Hall–Kier alpha value is -1.17. The van der Waals surface area contributed by atoms with Gasteiger partial charge < -0.3 is 15.5 Å². The van der Waals surface area contributed by atoms with Crippen LogP contribution in [0.1, 0.15) is 25.7 Å². The van der Waals surface area contributed by atoms with E-state index >= 15 is 0 Å². The second-order valence-corrected chi connectivity index (χ2v) is 6.79. The summed E-state index contributed by atoms with van der Waals surface area (Å²) in [4.78, 5) is 14.8. The number of nitrogens with one attached hydrogen (secondary N) is 2. The number of carbonyl (C=O) groups excluding carboxylic acids is 1. The maximum atomic E-state index is 13.2. The van der Waals surface area contributed by atoms with Crippen molar-refractivity contribution in [2.75, 3.05) is 38.0 Å². The molecule has 3 rings (SSSR count). The summed E-state index contributed by atoms with van der Waals surface area (Å²) in [5.74, 6) is 0.494. The molecule has 2 aliphatic heterocycles. The van der Waals surface area contributed by atoms with Crippen molar-refractivity contribution in [1.82, 2.24) is 10.2 Å². The summed E-state index contributed by atoms with van der Waals surface area (Å²) < 4.78 is 13.2. The third-order valence-electron chi connectivity index (χ3n) is 4.97. The number of halogens is 2. The van der Waals surface area contributed by atoms with Gasteiger partial charge in [-0.1, -0.05) is 6.07 Å². The quantitative estimate of drug-likeness (QED) is 0.872. The lowest BCUT2D eigenvalue weighted by Gasteiger charge is -2.35. The highest BCUT2D eigenvalue weighted by atomic mass is 35.5. The third-order valence-corrected chi connectivity index (χ3v) is 4.97. The average molecular weight is 356 g/mol. The van der Waals surface area contributed by atoms with Gasteiger partial charge in [-0.05, 0) is 76.0 Å². The average Bonchev–Trinajstić information content (AvgIpc) is 2.56. The van der Waals surface area contributed by atoms with Crippen LogP contribution in [0, 0.1) is 17.7 Å². The number of anilines is 1. The highest BCUT2D eigenvalue weighted by molar-refractivity contribution is 5.92. The van der Waals surface area contributed by atoms with Gasteiger partial charge in [-0.25, -0.2) is 4.39 Å². The van der Waals surface area contributed by atoms with Gasteiger partial charge in [-0.15, -0.1) is 12.4 Å². The molecule has 1 amide bonds. The van der Waals surface area contributed by atoms with E-state index in [-0.39, 0.29) is 30.0 Å². The van der Waals surface area contributed by atoms with Crippen molar-refractivity contribution in [2.45, 2.75) is 25.7 Å². The van der Waals surface area contributed by atoms with E-state index in [0.717, 1.165) is 51.5 Å². The van der Waals surface area contributed by atoms with Crippen molar-refractivity contribution < 1.29 is 9.18 Å². The molecule has 24 heavy (non-hydrogen) atoms. The van der Waals surface area contributed by atoms with E-state index in [9.17, 15) is 9.18 Å². The van der Waals surface area contributed by atoms with Gasteiger partial charge >= 0.3 is 0 Å². The number of piperidine rings is 2. The predicted molar refractivity (Wildman–Crippen MR) is 97.0 cm³/mol. The molecule has 2 heterocycles. The Morgan fingerprint density at radius 1 is 1.29 bits per heavy atom. The van der Waals surface area contributed by atoms with E-state index in [1.807, 2.05) is 0 Å².